The summed E-state index contributed by atoms with van der Waals surface area (Å²) in [4.78, 5) is 17.3. The van der Waals surface area contributed by atoms with E-state index in [0.29, 0.717) is 5.69 Å². The van der Waals surface area contributed by atoms with Crippen LogP contribution in [0.2, 0.25) is 0 Å². The summed E-state index contributed by atoms with van der Waals surface area (Å²) in [6.07, 6.45) is 4.96. The standard InChI is InChI=1S/C18H27N3O.2ClH/c1-14-4-5-16(19)12-17(14)18(22)21-10-6-15(7-11-21)13-20-8-2-3-9-20;;/h4-5,12,15H,2-3,6-11,13,19H2,1H3;2*1H. The monoisotopic (exact) mass is 373 g/mol. The number of nitrogens with two attached hydrogens (primary N) is 1. The lowest BCUT2D eigenvalue weighted by molar-refractivity contribution is 0.0672. The second-order valence-electron chi connectivity index (χ2n) is 6.82. The lowest BCUT2D eigenvalue weighted by Gasteiger charge is -2.34. The number of hydrogen-bond donors (Lipinski definition) is 1. The molecule has 2 fully saturated rings. The predicted molar refractivity (Wildman–Crippen MR) is 104 cm³/mol. The third-order valence-electron chi connectivity index (χ3n) is 5.11. The molecule has 2 aliphatic rings. The Kier molecular flexibility index (Phi) is 8.34. The van der Waals surface area contributed by atoms with Gasteiger partial charge in [-0.05, 0) is 69.3 Å². The van der Waals surface area contributed by atoms with E-state index < -0.39 is 0 Å². The Morgan fingerprint density at radius 3 is 2.38 bits per heavy atom. The first-order valence-corrected chi connectivity index (χ1v) is 8.51. The second kappa shape index (κ2) is 9.50. The molecule has 0 aliphatic carbocycles. The van der Waals surface area contributed by atoms with E-state index in [1.165, 1.54) is 32.5 Å². The van der Waals surface area contributed by atoms with Crippen molar-refractivity contribution in [1.82, 2.24) is 9.80 Å². The molecule has 0 bridgehead atoms. The van der Waals surface area contributed by atoms with Crippen molar-refractivity contribution in [3.63, 3.8) is 0 Å². The van der Waals surface area contributed by atoms with Gasteiger partial charge in [-0.1, -0.05) is 6.07 Å². The molecule has 24 heavy (non-hydrogen) atoms. The van der Waals surface area contributed by atoms with Crippen molar-refractivity contribution in [2.24, 2.45) is 5.92 Å². The first-order chi connectivity index (χ1) is 10.6. The van der Waals surface area contributed by atoms with Gasteiger partial charge in [0.05, 0.1) is 0 Å². The maximum absolute atomic E-state index is 12.7. The lowest BCUT2D eigenvalue weighted by Crippen LogP contribution is -2.41. The molecule has 0 radical (unpaired) electrons. The highest BCUT2D eigenvalue weighted by Crippen LogP contribution is 2.23. The molecule has 0 spiro atoms. The third-order valence-corrected chi connectivity index (χ3v) is 5.11. The Labute approximate surface area is 157 Å². The zero-order valence-corrected chi connectivity index (χ0v) is 16.0. The number of amides is 1. The fourth-order valence-electron chi connectivity index (χ4n) is 3.69. The highest BCUT2D eigenvalue weighted by molar-refractivity contribution is 5.96. The summed E-state index contributed by atoms with van der Waals surface area (Å²) in [5, 5.41) is 0. The Hall–Kier alpha value is -0.970. The quantitative estimate of drug-likeness (QED) is 0.826. The maximum Gasteiger partial charge on any atom is 0.254 e. The fourth-order valence-corrected chi connectivity index (χ4v) is 3.69. The van der Waals surface area contributed by atoms with Crippen LogP contribution in [0.1, 0.15) is 41.6 Å². The molecular formula is C18H29Cl2N3O. The molecule has 2 heterocycles. The molecule has 4 nitrogen and oxygen atoms in total. The van der Waals surface area contributed by atoms with E-state index >= 15 is 0 Å². The molecule has 0 aromatic heterocycles. The fraction of sp³-hybridized carbons (Fsp3) is 0.611. The van der Waals surface area contributed by atoms with Crippen molar-refractivity contribution in [3.05, 3.63) is 29.3 Å². The van der Waals surface area contributed by atoms with Gasteiger partial charge >= 0.3 is 0 Å². The molecule has 0 unspecified atom stereocenters. The minimum absolute atomic E-state index is 0. The van der Waals surface area contributed by atoms with Crippen LogP contribution in [-0.2, 0) is 0 Å². The van der Waals surface area contributed by atoms with Crippen molar-refractivity contribution in [1.29, 1.82) is 0 Å². The smallest absolute Gasteiger partial charge is 0.254 e. The van der Waals surface area contributed by atoms with Gasteiger partial charge < -0.3 is 15.5 Å². The van der Waals surface area contributed by atoms with Gasteiger partial charge in [-0.25, -0.2) is 0 Å². The summed E-state index contributed by atoms with van der Waals surface area (Å²) in [5.74, 6) is 0.897. The topological polar surface area (TPSA) is 49.6 Å². The van der Waals surface area contributed by atoms with Crippen LogP contribution >= 0.6 is 24.8 Å². The summed E-state index contributed by atoms with van der Waals surface area (Å²) < 4.78 is 0. The van der Waals surface area contributed by atoms with E-state index in [1.807, 2.05) is 30.0 Å². The van der Waals surface area contributed by atoms with Crippen LogP contribution in [0.4, 0.5) is 5.69 Å². The normalized spacial score (nSPS) is 18.8. The minimum atomic E-state index is 0. The van der Waals surface area contributed by atoms with Crippen molar-refractivity contribution < 1.29 is 4.79 Å². The number of carbonyl (C=O) groups excluding carboxylic acids is 1. The van der Waals surface area contributed by atoms with E-state index in [9.17, 15) is 4.79 Å². The van der Waals surface area contributed by atoms with Crippen LogP contribution in [-0.4, -0.2) is 48.4 Å². The molecule has 2 saturated heterocycles. The van der Waals surface area contributed by atoms with E-state index in [0.717, 1.165) is 43.0 Å². The van der Waals surface area contributed by atoms with E-state index in [2.05, 4.69) is 4.90 Å². The molecule has 6 heteroatoms. The minimum Gasteiger partial charge on any atom is -0.399 e. The van der Waals surface area contributed by atoms with Crippen molar-refractivity contribution in [3.8, 4) is 0 Å². The first kappa shape index (κ1) is 21.1. The van der Waals surface area contributed by atoms with Gasteiger partial charge in [0, 0.05) is 30.9 Å². The molecule has 1 amide bonds. The van der Waals surface area contributed by atoms with Crippen LogP contribution in [0.15, 0.2) is 18.2 Å². The summed E-state index contributed by atoms with van der Waals surface area (Å²) >= 11 is 0. The Balaban J connectivity index is 0.00000144. The molecule has 3 rings (SSSR count). The highest BCUT2D eigenvalue weighted by Gasteiger charge is 2.26. The third kappa shape index (κ3) is 5.01. The summed E-state index contributed by atoms with van der Waals surface area (Å²) in [6, 6.07) is 5.60. The number of likely N-dealkylation sites (tertiary alicyclic amines) is 2. The number of benzene rings is 1. The summed E-state index contributed by atoms with van der Waals surface area (Å²) in [7, 11) is 0. The molecule has 136 valence electrons. The summed E-state index contributed by atoms with van der Waals surface area (Å²) in [5.41, 5.74) is 8.27. The van der Waals surface area contributed by atoms with Gasteiger partial charge in [-0.3, -0.25) is 4.79 Å². The number of hydrogen-bond acceptors (Lipinski definition) is 3. The van der Waals surface area contributed by atoms with Gasteiger partial charge in [-0.15, -0.1) is 24.8 Å². The lowest BCUT2D eigenvalue weighted by atomic mass is 9.95. The SMILES string of the molecule is Cc1ccc(N)cc1C(=O)N1CCC(CN2CCCC2)CC1.Cl.Cl. The Bertz CT molecular complexity index is 539. The molecule has 0 saturated carbocycles. The molecule has 0 atom stereocenters. The highest BCUT2D eigenvalue weighted by atomic mass is 35.5. The number of nitrogen functional groups attached to an aromatic ring is 1. The largest absolute Gasteiger partial charge is 0.399 e. The van der Waals surface area contributed by atoms with Crippen LogP contribution in [0, 0.1) is 12.8 Å². The van der Waals surface area contributed by atoms with Crippen LogP contribution < -0.4 is 5.73 Å². The number of rotatable bonds is 3. The number of anilines is 1. The molecular weight excluding hydrogens is 345 g/mol. The first-order valence-electron chi connectivity index (χ1n) is 8.51. The average molecular weight is 374 g/mol. The van der Waals surface area contributed by atoms with Crippen LogP contribution in [0.5, 0.6) is 0 Å². The van der Waals surface area contributed by atoms with Gasteiger partial charge in [-0.2, -0.15) is 0 Å². The van der Waals surface area contributed by atoms with E-state index in [1.54, 1.807) is 0 Å². The van der Waals surface area contributed by atoms with E-state index in [4.69, 9.17) is 5.73 Å². The van der Waals surface area contributed by atoms with Gasteiger partial charge in [0.15, 0.2) is 0 Å². The Morgan fingerprint density at radius 2 is 1.75 bits per heavy atom. The Morgan fingerprint density at radius 1 is 1.12 bits per heavy atom. The number of nitrogens with zero attached hydrogens (tertiary/aromatic N) is 2. The van der Waals surface area contributed by atoms with Crippen LogP contribution in [0.3, 0.4) is 0 Å². The van der Waals surface area contributed by atoms with Crippen molar-refractivity contribution >= 4 is 36.4 Å². The van der Waals surface area contributed by atoms with Gasteiger partial charge in [0.25, 0.3) is 5.91 Å². The average Bonchev–Trinajstić information content (AvgIpc) is 3.03. The molecule has 2 N–H and O–H groups in total. The molecule has 2 aliphatic heterocycles. The van der Waals surface area contributed by atoms with Crippen LogP contribution in [0.25, 0.3) is 0 Å². The van der Waals surface area contributed by atoms with Gasteiger partial charge in [0.1, 0.15) is 0 Å². The van der Waals surface area contributed by atoms with Crippen molar-refractivity contribution in [2.75, 3.05) is 38.5 Å². The molecule has 1 aromatic rings. The number of piperidine rings is 1. The van der Waals surface area contributed by atoms with Gasteiger partial charge in [0.2, 0.25) is 0 Å². The number of aryl methyl sites for hydroxylation is 1. The van der Waals surface area contributed by atoms with Crippen molar-refractivity contribution in [2.45, 2.75) is 32.6 Å². The zero-order chi connectivity index (χ0) is 15.5. The maximum atomic E-state index is 12.7. The number of halogens is 2. The predicted octanol–water partition coefficient (Wildman–Crippen LogP) is 3.37. The zero-order valence-electron chi connectivity index (χ0n) is 14.4. The second-order valence-corrected chi connectivity index (χ2v) is 6.82. The van der Waals surface area contributed by atoms with E-state index in [-0.39, 0.29) is 30.7 Å². The number of carbonyl (C=O) groups is 1. The summed E-state index contributed by atoms with van der Waals surface area (Å²) in [6.45, 7) is 7.49. The molecule has 1 aromatic carbocycles.